The van der Waals surface area contributed by atoms with Crippen LogP contribution in [0.25, 0.3) is 6.08 Å². The summed E-state index contributed by atoms with van der Waals surface area (Å²) in [7, 11) is 0. The van der Waals surface area contributed by atoms with Crippen molar-refractivity contribution in [3.8, 4) is 6.07 Å². The van der Waals surface area contributed by atoms with E-state index in [1.807, 2.05) is 53.2 Å². The minimum absolute atomic E-state index is 0.0714. The first kappa shape index (κ1) is 16.0. The van der Waals surface area contributed by atoms with E-state index >= 15 is 0 Å². The number of benzene rings is 1. The van der Waals surface area contributed by atoms with Gasteiger partial charge < -0.3 is 5.32 Å². The Morgan fingerprint density at radius 3 is 2.73 bits per heavy atom. The summed E-state index contributed by atoms with van der Waals surface area (Å²) in [6.07, 6.45) is 3.42. The third-order valence-electron chi connectivity index (χ3n) is 3.30. The summed E-state index contributed by atoms with van der Waals surface area (Å²) in [6, 6.07) is 13.7. The monoisotopic (exact) mass is 310 g/mol. The van der Waals surface area contributed by atoms with E-state index in [1.54, 1.807) is 6.08 Å². The molecule has 0 unspecified atom stereocenters. The highest BCUT2D eigenvalue weighted by Gasteiger charge is 2.16. The summed E-state index contributed by atoms with van der Waals surface area (Å²) in [5.74, 6) is -0.323. The summed E-state index contributed by atoms with van der Waals surface area (Å²) in [4.78, 5) is 12.4. The van der Waals surface area contributed by atoms with Crippen LogP contribution in [0.1, 0.15) is 36.9 Å². The number of nitrogens with one attached hydrogen (secondary N) is 1. The molecular weight excluding hydrogens is 292 g/mol. The molecular formula is C18H18N2OS. The lowest BCUT2D eigenvalue weighted by Gasteiger charge is -2.18. The normalized spacial score (nSPS) is 12.5. The Kier molecular flexibility index (Phi) is 5.93. The molecule has 22 heavy (non-hydrogen) atoms. The molecule has 0 aliphatic carbocycles. The number of hydrogen-bond donors (Lipinski definition) is 1. The fourth-order valence-corrected chi connectivity index (χ4v) is 2.82. The second kappa shape index (κ2) is 8.16. The average Bonchev–Trinajstić information content (AvgIpc) is 3.06. The first-order valence-electron chi connectivity index (χ1n) is 7.24. The number of rotatable bonds is 6. The number of hydrogen-bond acceptors (Lipinski definition) is 3. The first-order chi connectivity index (χ1) is 10.7. The molecule has 0 saturated heterocycles. The topological polar surface area (TPSA) is 52.9 Å². The third kappa shape index (κ3) is 4.31. The molecule has 3 nitrogen and oxygen atoms in total. The van der Waals surface area contributed by atoms with E-state index in [-0.39, 0.29) is 17.5 Å². The van der Waals surface area contributed by atoms with E-state index in [0.717, 1.165) is 24.0 Å². The molecule has 1 heterocycles. The van der Waals surface area contributed by atoms with Gasteiger partial charge in [0, 0.05) is 0 Å². The van der Waals surface area contributed by atoms with E-state index in [9.17, 15) is 10.1 Å². The smallest absolute Gasteiger partial charge is 0.262 e. The van der Waals surface area contributed by atoms with Crippen LogP contribution in [0.4, 0.5) is 0 Å². The van der Waals surface area contributed by atoms with Crippen LogP contribution in [-0.4, -0.2) is 5.91 Å². The molecule has 1 amide bonds. The van der Waals surface area contributed by atoms with Gasteiger partial charge in [-0.05, 0) is 40.5 Å². The maximum atomic E-state index is 12.4. The number of nitrogens with zero attached hydrogens (tertiary/aromatic N) is 1. The van der Waals surface area contributed by atoms with Crippen molar-refractivity contribution in [1.82, 2.24) is 5.32 Å². The predicted octanol–water partition coefficient (Wildman–Crippen LogP) is 4.31. The van der Waals surface area contributed by atoms with Gasteiger partial charge in [-0.15, -0.1) is 0 Å². The lowest BCUT2D eigenvalue weighted by molar-refractivity contribution is -0.117. The summed E-state index contributed by atoms with van der Waals surface area (Å²) in [5.41, 5.74) is 2.07. The Bertz CT molecular complexity index is 669. The van der Waals surface area contributed by atoms with Gasteiger partial charge >= 0.3 is 0 Å². The van der Waals surface area contributed by atoms with Crippen LogP contribution in [0.3, 0.4) is 0 Å². The third-order valence-corrected chi connectivity index (χ3v) is 4.01. The van der Waals surface area contributed by atoms with Crippen LogP contribution in [-0.2, 0) is 4.79 Å². The molecule has 0 radical (unpaired) electrons. The van der Waals surface area contributed by atoms with E-state index in [4.69, 9.17) is 0 Å². The SMILES string of the molecule is CCC[C@H](NC(=O)C(C#N)=Cc1ccsc1)c1ccccc1. The van der Waals surface area contributed by atoms with Crippen LogP contribution < -0.4 is 5.32 Å². The lowest BCUT2D eigenvalue weighted by atomic mass is 10.0. The van der Waals surface area contributed by atoms with Crippen LogP contribution >= 0.6 is 11.3 Å². The van der Waals surface area contributed by atoms with E-state index < -0.39 is 0 Å². The Morgan fingerprint density at radius 2 is 2.14 bits per heavy atom. The Morgan fingerprint density at radius 1 is 1.36 bits per heavy atom. The molecule has 0 aliphatic heterocycles. The molecule has 0 fully saturated rings. The number of carbonyl (C=O) groups is 1. The van der Waals surface area contributed by atoms with Crippen LogP contribution in [0.5, 0.6) is 0 Å². The van der Waals surface area contributed by atoms with Crippen LogP contribution in [0.15, 0.2) is 52.7 Å². The van der Waals surface area contributed by atoms with Crippen molar-refractivity contribution in [2.75, 3.05) is 0 Å². The fourth-order valence-electron chi connectivity index (χ4n) is 2.20. The van der Waals surface area contributed by atoms with E-state index in [0.29, 0.717) is 0 Å². The molecule has 0 saturated carbocycles. The summed E-state index contributed by atoms with van der Waals surface area (Å²) < 4.78 is 0. The maximum absolute atomic E-state index is 12.4. The molecule has 1 atom stereocenters. The van der Waals surface area contributed by atoms with Gasteiger partial charge in [-0.2, -0.15) is 16.6 Å². The number of amides is 1. The molecule has 1 N–H and O–H groups in total. The van der Waals surface area contributed by atoms with Crippen molar-refractivity contribution < 1.29 is 4.79 Å². The van der Waals surface area contributed by atoms with Crippen molar-refractivity contribution in [2.45, 2.75) is 25.8 Å². The van der Waals surface area contributed by atoms with Gasteiger partial charge in [-0.25, -0.2) is 0 Å². The van der Waals surface area contributed by atoms with Gasteiger partial charge in [0.15, 0.2) is 0 Å². The molecule has 1 aromatic heterocycles. The largest absolute Gasteiger partial charge is 0.345 e. The van der Waals surface area contributed by atoms with Crippen LogP contribution in [0, 0.1) is 11.3 Å². The van der Waals surface area contributed by atoms with Crippen molar-refractivity contribution in [1.29, 1.82) is 5.26 Å². The molecule has 2 aromatic rings. The average molecular weight is 310 g/mol. The summed E-state index contributed by atoms with van der Waals surface area (Å²) in [5, 5.41) is 16.0. The zero-order valence-electron chi connectivity index (χ0n) is 12.5. The minimum atomic E-state index is -0.323. The van der Waals surface area contributed by atoms with Gasteiger partial charge in [0.25, 0.3) is 5.91 Å². The molecule has 2 rings (SSSR count). The van der Waals surface area contributed by atoms with Gasteiger partial charge in [0.2, 0.25) is 0 Å². The summed E-state index contributed by atoms with van der Waals surface area (Å²) >= 11 is 1.54. The standard InChI is InChI=1S/C18H18N2OS/c1-2-6-17(15-7-4-3-5-8-15)20-18(21)16(12-19)11-14-9-10-22-13-14/h3-5,7-11,13,17H,2,6H2,1H3,(H,20,21)/t17-/m0/s1. The fraction of sp³-hybridized carbons (Fsp3) is 0.222. The van der Waals surface area contributed by atoms with Crippen molar-refractivity contribution in [3.05, 3.63) is 63.9 Å². The number of carbonyl (C=O) groups excluding carboxylic acids is 1. The van der Waals surface area contributed by atoms with E-state index in [1.165, 1.54) is 11.3 Å². The molecule has 112 valence electrons. The van der Waals surface area contributed by atoms with Crippen LogP contribution in [0.2, 0.25) is 0 Å². The predicted molar refractivity (Wildman–Crippen MR) is 90.1 cm³/mol. The zero-order chi connectivity index (χ0) is 15.8. The highest BCUT2D eigenvalue weighted by atomic mass is 32.1. The second-order valence-electron chi connectivity index (χ2n) is 4.95. The zero-order valence-corrected chi connectivity index (χ0v) is 13.3. The Labute approximate surface area is 134 Å². The Balaban J connectivity index is 2.15. The highest BCUT2D eigenvalue weighted by molar-refractivity contribution is 7.08. The van der Waals surface area contributed by atoms with Crippen molar-refractivity contribution in [3.63, 3.8) is 0 Å². The van der Waals surface area contributed by atoms with Gasteiger partial charge in [-0.1, -0.05) is 43.7 Å². The molecule has 4 heteroatoms. The lowest BCUT2D eigenvalue weighted by Crippen LogP contribution is -2.29. The molecule has 0 spiro atoms. The van der Waals surface area contributed by atoms with Crippen molar-refractivity contribution in [2.24, 2.45) is 0 Å². The van der Waals surface area contributed by atoms with Crippen molar-refractivity contribution >= 4 is 23.3 Å². The summed E-state index contributed by atoms with van der Waals surface area (Å²) in [6.45, 7) is 2.08. The second-order valence-corrected chi connectivity index (χ2v) is 5.73. The van der Waals surface area contributed by atoms with Gasteiger partial charge in [-0.3, -0.25) is 4.79 Å². The first-order valence-corrected chi connectivity index (χ1v) is 8.18. The van der Waals surface area contributed by atoms with Gasteiger partial charge in [0.1, 0.15) is 11.6 Å². The quantitative estimate of drug-likeness (QED) is 0.638. The molecule has 0 aliphatic rings. The Hall–Kier alpha value is -2.38. The van der Waals surface area contributed by atoms with Gasteiger partial charge in [0.05, 0.1) is 6.04 Å². The number of thiophene rings is 1. The van der Waals surface area contributed by atoms with E-state index in [2.05, 4.69) is 12.2 Å². The highest BCUT2D eigenvalue weighted by Crippen LogP contribution is 2.19. The minimum Gasteiger partial charge on any atom is -0.345 e. The number of nitriles is 1. The maximum Gasteiger partial charge on any atom is 0.262 e. The molecule has 0 bridgehead atoms. The molecule has 1 aromatic carbocycles.